The number of amides is 2. The minimum atomic E-state index is -0.255. The minimum Gasteiger partial charge on any atom is -0.379 e. The molecule has 0 spiro atoms. The van der Waals surface area contributed by atoms with E-state index < -0.39 is 0 Å². The van der Waals surface area contributed by atoms with Crippen LogP contribution in [-0.2, 0) is 4.74 Å². The number of hydrogen-bond donors (Lipinski definition) is 0. The molecular weight excluding hydrogens is 234 g/mol. The lowest BCUT2D eigenvalue weighted by Crippen LogP contribution is -2.46. The molecule has 0 bridgehead atoms. The lowest BCUT2D eigenvalue weighted by molar-refractivity contribution is 0.0124. The quantitative estimate of drug-likeness (QED) is 0.687. The largest absolute Gasteiger partial charge is 0.379 e. The van der Waals surface area contributed by atoms with E-state index in [0.29, 0.717) is 31.0 Å². The number of aromatic nitrogens is 1. The Morgan fingerprint density at radius 1 is 1.17 bits per heavy atom. The molecule has 3 rings (SSSR count). The van der Waals surface area contributed by atoms with Crippen LogP contribution in [0.25, 0.3) is 0 Å². The molecule has 6 heteroatoms. The first kappa shape index (κ1) is 11.3. The maximum Gasteiger partial charge on any atom is 0.264 e. The molecule has 0 N–H and O–H groups in total. The van der Waals surface area contributed by atoms with E-state index in [1.165, 1.54) is 17.3 Å². The molecule has 1 fully saturated rings. The number of morpholine rings is 1. The number of nitrogens with zero attached hydrogens (tertiary/aromatic N) is 3. The van der Waals surface area contributed by atoms with E-state index in [1.54, 1.807) is 6.07 Å². The molecule has 6 nitrogen and oxygen atoms in total. The molecule has 0 unspecified atom stereocenters. The first-order valence-corrected chi connectivity index (χ1v) is 5.87. The molecule has 94 valence electrons. The molecule has 0 radical (unpaired) electrons. The molecule has 2 amide bonds. The maximum absolute atomic E-state index is 12.1. The van der Waals surface area contributed by atoms with Crippen molar-refractivity contribution in [2.24, 2.45) is 0 Å². The predicted octanol–water partition coefficient (Wildman–Crippen LogP) is -0.0327. The van der Waals surface area contributed by atoms with Crippen molar-refractivity contribution in [3.8, 4) is 0 Å². The second kappa shape index (κ2) is 4.47. The topological polar surface area (TPSA) is 62.7 Å². The van der Waals surface area contributed by atoms with Gasteiger partial charge in [-0.2, -0.15) is 0 Å². The average molecular weight is 247 g/mol. The van der Waals surface area contributed by atoms with Gasteiger partial charge < -0.3 is 4.74 Å². The molecule has 0 saturated carbocycles. The van der Waals surface area contributed by atoms with Crippen molar-refractivity contribution in [2.75, 3.05) is 33.0 Å². The summed E-state index contributed by atoms with van der Waals surface area (Å²) in [6.45, 7) is 3.10. The fourth-order valence-electron chi connectivity index (χ4n) is 2.21. The summed E-state index contributed by atoms with van der Waals surface area (Å²) in [5, 5.41) is 0. The van der Waals surface area contributed by atoms with Crippen molar-refractivity contribution in [3.05, 3.63) is 29.6 Å². The fourth-order valence-corrected chi connectivity index (χ4v) is 2.21. The van der Waals surface area contributed by atoms with Crippen molar-refractivity contribution in [1.82, 2.24) is 14.8 Å². The summed E-state index contributed by atoms with van der Waals surface area (Å²) >= 11 is 0. The molecule has 1 saturated heterocycles. The van der Waals surface area contributed by atoms with Gasteiger partial charge in [-0.15, -0.1) is 0 Å². The summed E-state index contributed by atoms with van der Waals surface area (Å²) < 4.78 is 5.24. The van der Waals surface area contributed by atoms with Crippen LogP contribution >= 0.6 is 0 Å². The fraction of sp³-hybridized carbons (Fsp3) is 0.417. The van der Waals surface area contributed by atoms with Crippen molar-refractivity contribution >= 4 is 11.8 Å². The van der Waals surface area contributed by atoms with Gasteiger partial charge in [0.2, 0.25) is 0 Å². The van der Waals surface area contributed by atoms with Gasteiger partial charge in [0.15, 0.2) is 0 Å². The molecule has 0 aliphatic carbocycles. The average Bonchev–Trinajstić information content (AvgIpc) is 2.66. The number of fused-ring (bicyclic) bond motifs is 1. The summed E-state index contributed by atoms with van der Waals surface area (Å²) in [5.41, 5.74) is 0.846. The van der Waals surface area contributed by atoms with E-state index in [-0.39, 0.29) is 11.8 Å². The zero-order chi connectivity index (χ0) is 12.5. The van der Waals surface area contributed by atoms with Gasteiger partial charge in [0, 0.05) is 25.5 Å². The lowest BCUT2D eigenvalue weighted by Gasteiger charge is -2.29. The number of carbonyl (C=O) groups is 2. The first-order chi connectivity index (χ1) is 8.77. The van der Waals surface area contributed by atoms with Crippen LogP contribution in [0.5, 0.6) is 0 Å². The van der Waals surface area contributed by atoms with Crippen molar-refractivity contribution < 1.29 is 14.3 Å². The Morgan fingerprint density at radius 2 is 1.89 bits per heavy atom. The predicted molar refractivity (Wildman–Crippen MR) is 62.0 cm³/mol. The van der Waals surface area contributed by atoms with Gasteiger partial charge in [-0.3, -0.25) is 24.4 Å². The third kappa shape index (κ3) is 1.79. The molecule has 2 aliphatic heterocycles. The zero-order valence-electron chi connectivity index (χ0n) is 9.83. The summed E-state index contributed by atoms with van der Waals surface area (Å²) in [5.74, 6) is -0.488. The SMILES string of the molecule is O=C1c2ccncc2C(=O)N1CN1CCOCC1. The zero-order valence-corrected chi connectivity index (χ0v) is 9.83. The highest BCUT2D eigenvalue weighted by Gasteiger charge is 2.36. The monoisotopic (exact) mass is 247 g/mol. The number of carbonyl (C=O) groups excluding carboxylic acids is 2. The van der Waals surface area contributed by atoms with Crippen LogP contribution in [0.3, 0.4) is 0 Å². The summed E-state index contributed by atoms with van der Waals surface area (Å²) in [4.78, 5) is 31.4. The van der Waals surface area contributed by atoms with Gasteiger partial charge in [0.05, 0.1) is 31.0 Å². The number of rotatable bonds is 2. The smallest absolute Gasteiger partial charge is 0.264 e. The molecule has 0 atom stereocenters. The Labute approximate surface area is 104 Å². The standard InChI is InChI=1S/C12H13N3O3/c16-11-9-1-2-13-7-10(9)12(17)15(11)8-14-3-5-18-6-4-14/h1-2,7H,3-6,8H2. The Morgan fingerprint density at radius 3 is 2.61 bits per heavy atom. The van der Waals surface area contributed by atoms with Crippen LogP contribution in [0.15, 0.2) is 18.5 Å². The van der Waals surface area contributed by atoms with Crippen LogP contribution in [0.4, 0.5) is 0 Å². The molecule has 2 aliphatic rings. The third-order valence-corrected chi connectivity index (χ3v) is 3.22. The van der Waals surface area contributed by atoms with Gasteiger partial charge in [0.25, 0.3) is 11.8 Å². The van der Waals surface area contributed by atoms with Gasteiger partial charge in [-0.1, -0.05) is 0 Å². The second-order valence-electron chi connectivity index (χ2n) is 4.33. The van der Waals surface area contributed by atoms with Crippen molar-refractivity contribution in [3.63, 3.8) is 0 Å². The van der Waals surface area contributed by atoms with Gasteiger partial charge >= 0.3 is 0 Å². The second-order valence-corrected chi connectivity index (χ2v) is 4.33. The Kier molecular flexibility index (Phi) is 2.81. The van der Waals surface area contributed by atoms with Crippen LogP contribution in [0.2, 0.25) is 0 Å². The highest BCUT2D eigenvalue weighted by molar-refractivity contribution is 6.21. The normalized spacial score (nSPS) is 20.3. The van der Waals surface area contributed by atoms with Gasteiger partial charge in [-0.05, 0) is 6.07 Å². The number of pyridine rings is 1. The van der Waals surface area contributed by atoms with Crippen LogP contribution in [-0.4, -0.2) is 59.6 Å². The van der Waals surface area contributed by atoms with E-state index in [2.05, 4.69) is 4.98 Å². The minimum absolute atomic E-state index is 0.233. The Hall–Kier alpha value is -1.79. The van der Waals surface area contributed by atoms with Crippen molar-refractivity contribution in [1.29, 1.82) is 0 Å². The molecule has 18 heavy (non-hydrogen) atoms. The summed E-state index contributed by atoms with van der Waals surface area (Å²) in [7, 11) is 0. The van der Waals surface area contributed by atoms with E-state index in [1.807, 2.05) is 4.90 Å². The molecule has 1 aromatic heterocycles. The molecular formula is C12H13N3O3. The van der Waals surface area contributed by atoms with Crippen LogP contribution in [0, 0.1) is 0 Å². The first-order valence-electron chi connectivity index (χ1n) is 5.87. The van der Waals surface area contributed by atoms with Crippen LogP contribution < -0.4 is 0 Å². The molecule has 1 aromatic rings. The van der Waals surface area contributed by atoms with Crippen molar-refractivity contribution in [2.45, 2.75) is 0 Å². The lowest BCUT2D eigenvalue weighted by atomic mass is 10.2. The van der Waals surface area contributed by atoms with Gasteiger partial charge in [-0.25, -0.2) is 0 Å². The number of ether oxygens (including phenoxy) is 1. The Balaban J connectivity index is 1.79. The molecule has 0 aromatic carbocycles. The highest BCUT2D eigenvalue weighted by atomic mass is 16.5. The highest BCUT2D eigenvalue weighted by Crippen LogP contribution is 2.21. The number of imide groups is 1. The molecule has 3 heterocycles. The van der Waals surface area contributed by atoms with Gasteiger partial charge in [0.1, 0.15) is 0 Å². The number of hydrogen-bond acceptors (Lipinski definition) is 5. The summed E-state index contributed by atoms with van der Waals surface area (Å²) in [6, 6.07) is 1.59. The third-order valence-electron chi connectivity index (χ3n) is 3.22. The van der Waals surface area contributed by atoms with E-state index in [4.69, 9.17) is 4.74 Å². The van der Waals surface area contributed by atoms with Crippen LogP contribution in [0.1, 0.15) is 20.7 Å². The van der Waals surface area contributed by atoms with E-state index in [9.17, 15) is 9.59 Å². The maximum atomic E-state index is 12.1. The Bertz CT molecular complexity index is 462. The summed E-state index contributed by atoms with van der Waals surface area (Å²) in [6.07, 6.45) is 2.98. The van der Waals surface area contributed by atoms with E-state index >= 15 is 0 Å². The van der Waals surface area contributed by atoms with E-state index in [0.717, 1.165) is 13.1 Å².